The zero-order valence-corrected chi connectivity index (χ0v) is 27.8. The summed E-state index contributed by atoms with van der Waals surface area (Å²) in [7, 11) is 3.93. The summed E-state index contributed by atoms with van der Waals surface area (Å²) in [6.07, 6.45) is 0.00306. The van der Waals surface area contributed by atoms with E-state index in [1.165, 1.54) is 11.1 Å². The Bertz CT molecular complexity index is 1430. The Labute approximate surface area is 270 Å². The summed E-state index contributed by atoms with van der Waals surface area (Å²) >= 11 is 3.57. The summed E-state index contributed by atoms with van der Waals surface area (Å²) in [4.78, 5) is 0. The third kappa shape index (κ3) is 7.23. The van der Waals surface area contributed by atoms with Gasteiger partial charge in [0, 0.05) is 46.1 Å². The molecule has 0 spiro atoms. The molecule has 0 fully saturated rings. The Hall–Kier alpha value is -3.52. The van der Waals surface area contributed by atoms with E-state index in [0.29, 0.717) is 19.1 Å². The van der Waals surface area contributed by atoms with Gasteiger partial charge in [-0.15, -0.1) is 0 Å². The first-order valence-corrected chi connectivity index (χ1v) is 16.1. The number of hydrogen-bond donors (Lipinski definition) is 2. The maximum atomic E-state index is 6.44. The van der Waals surface area contributed by atoms with Crippen molar-refractivity contribution in [3.63, 3.8) is 0 Å². The SMILES string of the molecule is CNC[C@H]1COc2ccccc2[C@H]1Oc1cccc(Br)c1C.CNC[C@H]1COc2ccccc2[C@H]1Oc1cccc(C)c1C. The maximum absolute atomic E-state index is 6.44. The molecule has 2 N–H and O–H groups in total. The lowest BCUT2D eigenvalue weighted by atomic mass is 9.92. The minimum atomic E-state index is -0.00889. The van der Waals surface area contributed by atoms with Gasteiger partial charge in [-0.05, 0) is 76.3 Å². The van der Waals surface area contributed by atoms with Crippen molar-refractivity contribution in [3.05, 3.63) is 117 Å². The van der Waals surface area contributed by atoms with Gasteiger partial charge in [0.2, 0.25) is 0 Å². The number of benzene rings is 4. The van der Waals surface area contributed by atoms with Crippen molar-refractivity contribution in [2.75, 3.05) is 40.4 Å². The molecule has 4 aromatic rings. The molecule has 0 saturated heterocycles. The van der Waals surface area contributed by atoms with Crippen molar-refractivity contribution in [1.29, 1.82) is 0 Å². The fourth-order valence-electron chi connectivity index (χ4n) is 5.79. The summed E-state index contributed by atoms with van der Waals surface area (Å²) in [5, 5.41) is 6.49. The molecule has 0 aliphatic carbocycles. The standard InChI is InChI=1S/C19H23NO2.C18H20BrNO2/c1-13-7-6-10-17(14(13)2)22-19-15(11-20-3)12-21-18-9-5-4-8-16(18)19;1-12-15(19)7-5-9-16(12)22-18-13(10-20-2)11-21-17-8-4-3-6-14(17)18/h4-10,15,19-20H,11-12H2,1-3H3;3-9,13,18,20H,10-11H2,1-2H3/t15-,19-;13-,18-/m00/s1. The number of fused-ring (bicyclic) bond motifs is 2. The van der Waals surface area contributed by atoms with Crippen LogP contribution in [0.15, 0.2) is 89.4 Å². The number of ether oxygens (including phenoxy) is 4. The molecule has 0 radical (unpaired) electrons. The van der Waals surface area contributed by atoms with E-state index in [2.05, 4.69) is 77.7 Å². The molecule has 4 atom stereocenters. The predicted molar refractivity (Wildman–Crippen MR) is 180 cm³/mol. The zero-order valence-electron chi connectivity index (χ0n) is 26.2. The van der Waals surface area contributed by atoms with Crippen LogP contribution in [-0.2, 0) is 0 Å². The Balaban J connectivity index is 0.000000175. The second kappa shape index (κ2) is 15.0. The highest BCUT2D eigenvalue weighted by Crippen LogP contribution is 2.41. The molecular formula is C37H43BrN2O4. The third-order valence-electron chi connectivity index (χ3n) is 8.43. The summed E-state index contributed by atoms with van der Waals surface area (Å²) in [6.45, 7) is 9.35. The average Bonchev–Trinajstić information content (AvgIpc) is 3.04. The van der Waals surface area contributed by atoms with Gasteiger partial charge in [0.25, 0.3) is 0 Å². The zero-order chi connectivity index (χ0) is 31.1. The highest BCUT2D eigenvalue weighted by molar-refractivity contribution is 9.10. The minimum absolute atomic E-state index is 0.00889. The first-order chi connectivity index (χ1) is 21.4. The molecule has 4 aromatic carbocycles. The molecule has 2 heterocycles. The highest BCUT2D eigenvalue weighted by atomic mass is 79.9. The summed E-state index contributed by atoms with van der Waals surface area (Å²) in [5.74, 6) is 4.30. The van der Waals surface area contributed by atoms with Gasteiger partial charge >= 0.3 is 0 Å². The van der Waals surface area contributed by atoms with Gasteiger partial charge in [-0.2, -0.15) is 0 Å². The van der Waals surface area contributed by atoms with Crippen LogP contribution in [0.5, 0.6) is 23.0 Å². The molecule has 232 valence electrons. The number of halogens is 1. The molecule has 0 saturated carbocycles. The molecule has 0 amide bonds. The van der Waals surface area contributed by atoms with E-state index >= 15 is 0 Å². The van der Waals surface area contributed by atoms with Crippen LogP contribution >= 0.6 is 15.9 Å². The number of para-hydroxylation sites is 2. The average molecular weight is 660 g/mol. The van der Waals surface area contributed by atoms with E-state index in [4.69, 9.17) is 18.9 Å². The summed E-state index contributed by atoms with van der Waals surface area (Å²) < 4.78 is 25.7. The van der Waals surface area contributed by atoms with Crippen LogP contribution in [0.2, 0.25) is 0 Å². The second-order valence-electron chi connectivity index (χ2n) is 11.5. The Kier molecular flexibility index (Phi) is 10.9. The van der Waals surface area contributed by atoms with Gasteiger partial charge in [0.1, 0.15) is 35.2 Å². The first-order valence-electron chi connectivity index (χ1n) is 15.3. The highest BCUT2D eigenvalue weighted by Gasteiger charge is 2.33. The first kappa shape index (κ1) is 31.9. The fraction of sp³-hybridized carbons (Fsp3) is 0.351. The van der Waals surface area contributed by atoms with Crippen LogP contribution in [0.3, 0.4) is 0 Å². The molecule has 2 aliphatic heterocycles. The molecule has 0 unspecified atom stereocenters. The predicted octanol–water partition coefficient (Wildman–Crippen LogP) is 7.76. The van der Waals surface area contributed by atoms with Gasteiger partial charge < -0.3 is 29.6 Å². The summed E-state index contributed by atoms with van der Waals surface area (Å²) in [5.41, 5.74) is 5.83. The lowest BCUT2D eigenvalue weighted by Gasteiger charge is -2.34. The normalized spacial score (nSPS) is 20.1. The van der Waals surface area contributed by atoms with Crippen molar-refractivity contribution in [1.82, 2.24) is 10.6 Å². The van der Waals surface area contributed by atoms with Gasteiger partial charge in [0.15, 0.2) is 0 Å². The van der Waals surface area contributed by atoms with Gasteiger partial charge in [-0.1, -0.05) is 70.5 Å². The van der Waals surface area contributed by atoms with E-state index in [9.17, 15) is 0 Å². The maximum Gasteiger partial charge on any atom is 0.135 e. The topological polar surface area (TPSA) is 61.0 Å². The molecular weight excluding hydrogens is 616 g/mol. The molecule has 44 heavy (non-hydrogen) atoms. The van der Waals surface area contributed by atoms with Crippen molar-refractivity contribution in [2.24, 2.45) is 11.8 Å². The van der Waals surface area contributed by atoms with E-state index in [1.54, 1.807) is 0 Å². The largest absolute Gasteiger partial charge is 0.493 e. The van der Waals surface area contributed by atoms with Crippen LogP contribution in [0, 0.1) is 32.6 Å². The Morgan fingerprint density at radius 2 is 1.11 bits per heavy atom. The number of nitrogens with one attached hydrogen (secondary N) is 2. The number of aryl methyl sites for hydroxylation is 1. The van der Waals surface area contributed by atoms with E-state index < -0.39 is 0 Å². The van der Waals surface area contributed by atoms with Gasteiger partial charge in [-0.25, -0.2) is 0 Å². The minimum Gasteiger partial charge on any atom is -0.493 e. The van der Waals surface area contributed by atoms with E-state index in [0.717, 1.165) is 57.3 Å². The molecule has 6 rings (SSSR count). The summed E-state index contributed by atoms with van der Waals surface area (Å²) in [6, 6.07) is 28.6. The molecule has 0 bridgehead atoms. The molecule has 6 nitrogen and oxygen atoms in total. The van der Waals surface area contributed by atoms with Crippen molar-refractivity contribution >= 4 is 15.9 Å². The van der Waals surface area contributed by atoms with Crippen molar-refractivity contribution in [2.45, 2.75) is 33.0 Å². The van der Waals surface area contributed by atoms with Crippen LogP contribution < -0.4 is 29.6 Å². The van der Waals surface area contributed by atoms with Crippen LogP contribution in [-0.4, -0.2) is 40.4 Å². The van der Waals surface area contributed by atoms with E-state index in [1.807, 2.05) is 68.7 Å². The third-order valence-corrected chi connectivity index (χ3v) is 9.29. The lowest BCUT2D eigenvalue weighted by Crippen LogP contribution is -2.36. The number of hydrogen-bond acceptors (Lipinski definition) is 6. The van der Waals surface area contributed by atoms with Crippen molar-refractivity contribution < 1.29 is 18.9 Å². The van der Waals surface area contributed by atoms with Gasteiger partial charge in [-0.3, -0.25) is 0 Å². The second-order valence-corrected chi connectivity index (χ2v) is 12.3. The smallest absolute Gasteiger partial charge is 0.135 e. The molecule has 7 heteroatoms. The van der Waals surface area contributed by atoms with E-state index in [-0.39, 0.29) is 18.1 Å². The van der Waals surface area contributed by atoms with Crippen molar-refractivity contribution in [3.8, 4) is 23.0 Å². The monoisotopic (exact) mass is 658 g/mol. The van der Waals surface area contributed by atoms with Crippen LogP contribution in [0.25, 0.3) is 0 Å². The Morgan fingerprint density at radius 1 is 0.636 bits per heavy atom. The number of rotatable bonds is 8. The molecule has 2 aliphatic rings. The van der Waals surface area contributed by atoms with Gasteiger partial charge in [0.05, 0.1) is 13.2 Å². The Morgan fingerprint density at radius 3 is 1.64 bits per heavy atom. The fourth-order valence-corrected chi connectivity index (χ4v) is 6.13. The molecule has 0 aromatic heterocycles. The van der Waals surface area contributed by atoms with Crippen LogP contribution in [0.1, 0.15) is 40.0 Å². The van der Waals surface area contributed by atoms with Crippen LogP contribution in [0.4, 0.5) is 0 Å². The quantitative estimate of drug-likeness (QED) is 0.202. The lowest BCUT2D eigenvalue weighted by molar-refractivity contribution is 0.0697.